The average molecular weight is 211 g/mol. The summed E-state index contributed by atoms with van der Waals surface area (Å²) in [6.45, 7) is 0. The Morgan fingerprint density at radius 3 is 3.00 bits per heavy atom. The van der Waals surface area contributed by atoms with Crippen LogP contribution in [0.25, 0.3) is 5.57 Å². The van der Waals surface area contributed by atoms with Gasteiger partial charge in [0.2, 0.25) is 0 Å². The number of hydrogen-bond donors (Lipinski definition) is 1. The third-order valence-corrected chi connectivity index (χ3v) is 2.25. The van der Waals surface area contributed by atoms with Gasteiger partial charge in [0.25, 0.3) is 5.25 Å². The van der Waals surface area contributed by atoms with Crippen molar-refractivity contribution < 1.29 is 4.39 Å². The molecule has 14 heavy (non-hydrogen) atoms. The highest BCUT2D eigenvalue weighted by Gasteiger charge is 2.32. The Morgan fingerprint density at radius 2 is 2.36 bits per heavy atom. The van der Waals surface area contributed by atoms with E-state index in [9.17, 15) is 4.39 Å². The summed E-state index contributed by atoms with van der Waals surface area (Å²) in [6, 6.07) is 3.50. The topological polar surface area (TPSA) is 24.9 Å². The Bertz CT molecular complexity index is 384. The number of nitrogens with one attached hydrogen (secondary N) is 1. The van der Waals surface area contributed by atoms with E-state index in [1.807, 2.05) is 0 Å². The van der Waals surface area contributed by atoms with Crippen LogP contribution in [0.1, 0.15) is 5.56 Å². The molecule has 0 aliphatic carbocycles. The summed E-state index contributed by atoms with van der Waals surface area (Å²) >= 11 is 5.65. The summed E-state index contributed by atoms with van der Waals surface area (Å²) in [7, 11) is 0. The van der Waals surface area contributed by atoms with Gasteiger partial charge in [-0.25, -0.2) is 0 Å². The van der Waals surface area contributed by atoms with Gasteiger partial charge < -0.3 is 5.32 Å². The Kier molecular flexibility index (Phi) is 2.25. The molecule has 1 aliphatic heterocycles. The third kappa shape index (κ3) is 1.63. The largest absolute Gasteiger partial charge is 0.343 e. The lowest BCUT2D eigenvalue weighted by molar-refractivity contribution is 0.323. The second-order valence-corrected chi connectivity index (χ2v) is 3.42. The van der Waals surface area contributed by atoms with E-state index in [1.165, 1.54) is 6.20 Å². The van der Waals surface area contributed by atoms with E-state index in [4.69, 9.17) is 11.6 Å². The van der Waals surface area contributed by atoms with E-state index in [1.54, 1.807) is 36.7 Å². The maximum absolute atomic E-state index is 13.7. The Morgan fingerprint density at radius 1 is 1.50 bits per heavy atom. The van der Waals surface area contributed by atoms with E-state index in [0.29, 0.717) is 11.1 Å². The Hall–Kier alpha value is -1.35. The van der Waals surface area contributed by atoms with Crippen molar-refractivity contribution in [2.45, 2.75) is 5.25 Å². The predicted molar refractivity (Wildman–Crippen MR) is 54.2 cm³/mol. The molecule has 0 radical (unpaired) electrons. The molecule has 2 heterocycles. The molecule has 0 bridgehead atoms. The van der Waals surface area contributed by atoms with Crippen molar-refractivity contribution in [1.29, 1.82) is 0 Å². The fourth-order valence-electron chi connectivity index (χ4n) is 1.28. The lowest BCUT2D eigenvalue weighted by Crippen LogP contribution is -2.34. The molecule has 1 unspecified atom stereocenters. The van der Waals surface area contributed by atoms with Crippen LogP contribution >= 0.6 is 11.6 Å². The van der Waals surface area contributed by atoms with Gasteiger partial charge in [-0.1, -0.05) is 23.7 Å². The van der Waals surface area contributed by atoms with Crippen LogP contribution in [0.3, 0.4) is 0 Å². The molecular formula is C10H8ClFN2. The lowest BCUT2D eigenvalue weighted by atomic mass is 10.1. The summed E-state index contributed by atoms with van der Waals surface area (Å²) < 4.78 is 13.7. The maximum atomic E-state index is 13.7. The summed E-state index contributed by atoms with van der Waals surface area (Å²) in [5, 5.41) is 0.385. The fraction of sp³-hybridized carbons (Fsp3) is 0.100. The first-order valence-electron chi connectivity index (χ1n) is 4.13. The van der Waals surface area contributed by atoms with Crippen molar-refractivity contribution in [2.24, 2.45) is 0 Å². The van der Waals surface area contributed by atoms with Gasteiger partial charge in [-0.15, -0.1) is 0 Å². The summed E-state index contributed by atoms with van der Waals surface area (Å²) in [5.41, 5.74) is 1.04. The first kappa shape index (κ1) is 9.21. The van der Waals surface area contributed by atoms with E-state index in [-0.39, 0.29) is 0 Å². The van der Waals surface area contributed by atoms with Gasteiger partial charge in [0.05, 0.1) is 0 Å². The van der Waals surface area contributed by atoms with Crippen molar-refractivity contribution in [2.75, 3.05) is 0 Å². The SMILES string of the molecule is FC1(Cl)NC=CC=C1c1cccnc1. The van der Waals surface area contributed by atoms with Gasteiger partial charge in [-0.2, -0.15) is 4.39 Å². The van der Waals surface area contributed by atoms with Gasteiger partial charge >= 0.3 is 0 Å². The van der Waals surface area contributed by atoms with E-state index >= 15 is 0 Å². The molecule has 1 atom stereocenters. The molecule has 0 fully saturated rings. The van der Waals surface area contributed by atoms with Crippen molar-refractivity contribution >= 4 is 17.2 Å². The van der Waals surface area contributed by atoms with E-state index in [2.05, 4.69) is 10.3 Å². The minimum absolute atomic E-state index is 0.370. The fourth-order valence-corrected chi connectivity index (χ4v) is 1.51. The first-order chi connectivity index (χ1) is 6.70. The number of hydrogen-bond acceptors (Lipinski definition) is 2. The molecule has 2 rings (SSSR count). The molecule has 2 nitrogen and oxygen atoms in total. The van der Waals surface area contributed by atoms with Crippen LogP contribution in [-0.2, 0) is 0 Å². The normalized spacial score (nSPS) is 25.4. The zero-order valence-electron chi connectivity index (χ0n) is 7.24. The molecule has 1 N–H and O–H groups in total. The zero-order valence-corrected chi connectivity index (χ0v) is 8.00. The molecule has 4 heteroatoms. The Labute approximate surface area is 86.1 Å². The minimum atomic E-state index is -2.04. The number of halogens is 2. The number of aromatic nitrogens is 1. The van der Waals surface area contributed by atoms with E-state index in [0.717, 1.165) is 0 Å². The highest BCUT2D eigenvalue weighted by atomic mass is 35.5. The summed E-state index contributed by atoms with van der Waals surface area (Å²) in [5.74, 6) is 0. The minimum Gasteiger partial charge on any atom is -0.343 e. The average Bonchev–Trinajstić information content (AvgIpc) is 2.18. The van der Waals surface area contributed by atoms with Gasteiger partial charge in [-0.05, 0) is 12.1 Å². The standard InChI is InChI=1S/C10H8ClFN2/c11-10(12)9(4-2-6-14-10)8-3-1-5-13-7-8/h1-7,14H. The number of alkyl halides is 2. The molecule has 0 saturated heterocycles. The maximum Gasteiger partial charge on any atom is 0.282 e. The number of pyridine rings is 1. The van der Waals surface area contributed by atoms with Gasteiger partial charge in [0.1, 0.15) is 0 Å². The molecule has 0 amide bonds. The van der Waals surface area contributed by atoms with Crippen LogP contribution in [0.5, 0.6) is 0 Å². The quantitative estimate of drug-likeness (QED) is 0.569. The van der Waals surface area contributed by atoms with Gasteiger partial charge in [0, 0.05) is 29.7 Å². The molecule has 1 aliphatic rings. The molecule has 1 aromatic heterocycles. The van der Waals surface area contributed by atoms with Crippen molar-refractivity contribution in [3.05, 3.63) is 48.4 Å². The van der Waals surface area contributed by atoms with Crippen LogP contribution in [-0.4, -0.2) is 10.2 Å². The molecule has 72 valence electrons. The van der Waals surface area contributed by atoms with Crippen LogP contribution in [0, 0.1) is 0 Å². The number of rotatable bonds is 1. The van der Waals surface area contributed by atoms with E-state index < -0.39 is 5.25 Å². The number of nitrogens with zero attached hydrogens (tertiary/aromatic N) is 1. The predicted octanol–water partition coefficient (Wildman–Crippen LogP) is 2.44. The summed E-state index contributed by atoms with van der Waals surface area (Å²) in [6.07, 6.45) is 7.99. The van der Waals surface area contributed by atoms with Crippen molar-refractivity contribution in [1.82, 2.24) is 10.3 Å². The smallest absolute Gasteiger partial charge is 0.282 e. The Balaban J connectivity index is 2.43. The van der Waals surface area contributed by atoms with Gasteiger partial charge in [0.15, 0.2) is 0 Å². The lowest BCUT2D eigenvalue weighted by Gasteiger charge is -2.24. The molecule has 1 aromatic rings. The van der Waals surface area contributed by atoms with Crippen LogP contribution in [0.2, 0.25) is 0 Å². The molecule has 0 saturated carbocycles. The van der Waals surface area contributed by atoms with Gasteiger partial charge in [-0.3, -0.25) is 4.98 Å². The van der Waals surface area contributed by atoms with Crippen LogP contribution in [0.4, 0.5) is 4.39 Å². The number of dihydropyridines is 1. The van der Waals surface area contributed by atoms with Crippen molar-refractivity contribution in [3.8, 4) is 0 Å². The first-order valence-corrected chi connectivity index (χ1v) is 4.51. The zero-order chi connectivity index (χ0) is 10.0. The second-order valence-electron chi connectivity index (χ2n) is 2.90. The third-order valence-electron chi connectivity index (χ3n) is 1.93. The van der Waals surface area contributed by atoms with Crippen molar-refractivity contribution in [3.63, 3.8) is 0 Å². The second kappa shape index (κ2) is 3.42. The number of allylic oxidation sites excluding steroid dienone is 2. The van der Waals surface area contributed by atoms with Crippen LogP contribution < -0.4 is 5.32 Å². The molecule has 0 spiro atoms. The molecule has 0 aromatic carbocycles. The monoisotopic (exact) mass is 210 g/mol. The highest BCUT2D eigenvalue weighted by molar-refractivity contribution is 6.29. The molecular weight excluding hydrogens is 203 g/mol. The highest BCUT2D eigenvalue weighted by Crippen LogP contribution is 2.33. The van der Waals surface area contributed by atoms with Crippen LogP contribution in [0.15, 0.2) is 42.9 Å². The summed E-state index contributed by atoms with van der Waals surface area (Å²) in [4.78, 5) is 3.91.